The highest BCUT2D eigenvalue weighted by Gasteiger charge is 2.55. The van der Waals surface area contributed by atoms with Crippen LogP contribution in [0.3, 0.4) is 0 Å². The van der Waals surface area contributed by atoms with E-state index in [2.05, 4.69) is 19.8 Å². The summed E-state index contributed by atoms with van der Waals surface area (Å²) in [5, 5.41) is 3.37. The number of hydrogen-bond acceptors (Lipinski definition) is 4. The first-order valence-corrected chi connectivity index (χ1v) is 11.2. The van der Waals surface area contributed by atoms with Crippen molar-refractivity contribution in [1.82, 2.24) is 10.3 Å². The van der Waals surface area contributed by atoms with Crippen molar-refractivity contribution in [2.45, 2.75) is 37.2 Å². The number of hydrogen-bond donors (Lipinski definition) is 1. The summed E-state index contributed by atoms with van der Waals surface area (Å²) in [7, 11) is 0. The quantitative estimate of drug-likeness (QED) is 0.432. The molecule has 5 rings (SSSR count). The first-order chi connectivity index (χ1) is 16.6. The molecule has 1 N–H and O–H groups in total. The zero-order chi connectivity index (χ0) is 24.8. The molecule has 1 atom stereocenters. The van der Waals surface area contributed by atoms with E-state index in [1.807, 2.05) is 30.3 Å². The minimum Gasteiger partial charge on any atom is -0.409 e. The monoisotopic (exact) mass is 506 g/mol. The van der Waals surface area contributed by atoms with Crippen LogP contribution in [0.15, 0.2) is 66.9 Å². The van der Waals surface area contributed by atoms with Crippen molar-refractivity contribution in [3.63, 3.8) is 0 Å². The molecule has 10 heteroatoms. The van der Waals surface area contributed by atoms with Crippen LogP contribution in [0.4, 0.5) is 17.6 Å². The molecule has 1 aliphatic heterocycles. The zero-order valence-corrected chi connectivity index (χ0v) is 18.9. The Morgan fingerprint density at radius 3 is 2.49 bits per heavy atom. The average Bonchev–Trinajstić information content (AvgIpc) is 3.64. The van der Waals surface area contributed by atoms with Gasteiger partial charge in [-0.25, -0.2) is 4.74 Å². The number of amides is 1. The summed E-state index contributed by atoms with van der Waals surface area (Å²) >= 11 is 6.04. The Morgan fingerprint density at radius 1 is 1.09 bits per heavy atom. The van der Waals surface area contributed by atoms with Gasteiger partial charge in [0, 0.05) is 18.5 Å². The smallest absolute Gasteiger partial charge is 0.409 e. The number of rotatable bonds is 6. The molecule has 1 aromatic heterocycles. The van der Waals surface area contributed by atoms with Gasteiger partial charge in [-0.1, -0.05) is 48.0 Å². The fraction of sp³-hybridized carbons (Fsp3) is 0.280. The highest BCUT2D eigenvalue weighted by Crippen LogP contribution is 2.48. The second-order valence-corrected chi connectivity index (χ2v) is 9.02. The van der Waals surface area contributed by atoms with Crippen LogP contribution in [0.1, 0.15) is 35.2 Å². The Hall–Kier alpha value is -3.17. The number of ether oxygens (including phenoxy) is 2. The summed E-state index contributed by atoms with van der Waals surface area (Å²) in [5.74, 6) is -1.19. The van der Waals surface area contributed by atoms with Crippen molar-refractivity contribution >= 4 is 17.5 Å². The van der Waals surface area contributed by atoms with Gasteiger partial charge in [-0.3, -0.25) is 9.78 Å². The first kappa shape index (κ1) is 23.6. The average molecular weight is 507 g/mol. The lowest BCUT2D eigenvalue weighted by Gasteiger charge is -2.37. The normalized spacial score (nSPS) is 19.7. The van der Waals surface area contributed by atoms with Gasteiger partial charge in [0.05, 0.1) is 16.3 Å². The third-order valence-corrected chi connectivity index (χ3v) is 6.25. The van der Waals surface area contributed by atoms with Gasteiger partial charge in [-0.2, -0.15) is 8.78 Å². The Labute approximate surface area is 203 Å². The third kappa shape index (κ3) is 4.70. The van der Waals surface area contributed by atoms with Gasteiger partial charge in [-0.05, 0) is 48.2 Å². The number of carbonyl (C=O) groups is 1. The van der Waals surface area contributed by atoms with Crippen molar-refractivity contribution in [3.05, 3.63) is 94.3 Å². The molecule has 0 spiro atoms. The Morgan fingerprint density at radius 2 is 1.83 bits per heavy atom. The first-order valence-electron chi connectivity index (χ1n) is 10.9. The molecule has 35 heavy (non-hydrogen) atoms. The van der Waals surface area contributed by atoms with E-state index in [-0.39, 0.29) is 23.8 Å². The van der Waals surface area contributed by atoms with Gasteiger partial charge in [0.1, 0.15) is 11.3 Å². The molecule has 2 aromatic carbocycles. The predicted octanol–water partition coefficient (Wildman–Crippen LogP) is 5.76. The van der Waals surface area contributed by atoms with Gasteiger partial charge < -0.3 is 10.1 Å². The van der Waals surface area contributed by atoms with Crippen LogP contribution >= 0.6 is 11.6 Å². The third-order valence-electron chi connectivity index (χ3n) is 6.02. The molecule has 0 saturated heterocycles. The molecule has 3 aromatic rings. The Kier molecular flexibility index (Phi) is 5.72. The number of benzene rings is 2. The largest absolute Gasteiger partial charge is 0.540 e. The van der Waals surface area contributed by atoms with Gasteiger partial charge in [0.2, 0.25) is 5.91 Å². The molecule has 0 unspecified atom stereocenters. The lowest BCUT2D eigenvalue weighted by Crippen LogP contribution is -2.50. The maximum atomic E-state index is 14.6. The molecular formula is C25H19ClF4N2O3. The predicted molar refractivity (Wildman–Crippen MR) is 118 cm³/mol. The van der Waals surface area contributed by atoms with Crippen LogP contribution in [-0.2, 0) is 27.6 Å². The van der Waals surface area contributed by atoms with E-state index in [1.54, 1.807) is 12.1 Å². The van der Waals surface area contributed by atoms with Gasteiger partial charge >= 0.3 is 12.4 Å². The number of pyridine rings is 1. The number of carbonyl (C=O) groups excluding carboxylic acids is 1. The molecule has 2 heterocycles. The number of nitrogens with one attached hydrogen (secondary N) is 1. The highest BCUT2D eigenvalue weighted by molar-refractivity contribution is 6.30. The Bertz CT molecular complexity index is 1250. The second-order valence-electron chi connectivity index (χ2n) is 8.59. The molecule has 1 saturated carbocycles. The summed E-state index contributed by atoms with van der Waals surface area (Å²) in [6.45, 7) is 0. The summed E-state index contributed by atoms with van der Waals surface area (Å²) < 4.78 is 64.4. The fourth-order valence-corrected chi connectivity index (χ4v) is 4.29. The van der Waals surface area contributed by atoms with Gasteiger partial charge in [-0.15, -0.1) is 8.78 Å². The second kappa shape index (κ2) is 8.49. The molecule has 1 amide bonds. The number of alkyl halides is 4. The van der Waals surface area contributed by atoms with Crippen LogP contribution < -0.4 is 10.1 Å². The van der Waals surface area contributed by atoms with Crippen LogP contribution in [0.2, 0.25) is 5.02 Å². The Balaban J connectivity index is 1.71. The topological polar surface area (TPSA) is 60.5 Å². The maximum Gasteiger partial charge on any atom is 0.540 e. The molecule has 1 aliphatic carbocycles. The number of fused-ring (bicyclic) bond motifs is 1. The number of aromatic nitrogens is 1. The summed E-state index contributed by atoms with van der Waals surface area (Å²) in [4.78, 5) is 17.5. The van der Waals surface area contributed by atoms with Crippen molar-refractivity contribution in [1.29, 1.82) is 0 Å². The van der Waals surface area contributed by atoms with E-state index in [1.165, 1.54) is 12.3 Å². The molecule has 0 radical (unpaired) electrons. The molecule has 5 nitrogen and oxygen atoms in total. The minimum atomic E-state index is -4.49. The SMILES string of the molecule is O=C(N[C@@](Cc1ccccc1)(c1ccc2c(c1)C(F)(F)OC(F)(F)O2)c1ccc(Cl)cn1)C1CC1. The van der Waals surface area contributed by atoms with E-state index < -0.39 is 29.3 Å². The molecule has 1 fully saturated rings. The van der Waals surface area contributed by atoms with Crippen molar-refractivity contribution in [2.75, 3.05) is 0 Å². The van der Waals surface area contributed by atoms with E-state index in [4.69, 9.17) is 11.6 Å². The van der Waals surface area contributed by atoms with Crippen molar-refractivity contribution < 1.29 is 31.8 Å². The molecule has 2 aliphatic rings. The van der Waals surface area contributed by atoms with Crippen LogP contribution in [-0.4, -0.2) is 17.2 Å². The summed E-state index contributed by atoms with van der Waals surface area (Å²) in [6.07, 6.45) is -5.87. The van der Waals surface area contributed by atoms with Crippen LogP contribution in [0.25, 0.3) is 0 Å². The zero-order valence-electron chi connectivity index (χ0n) is 18.1. The minimum absolute atomic E-state index is 0.142. The van der Waals surface area contributed by atoms with Crippen LogP contribution in [0.5, 0.6) is 5.75 Å². The van der Waals surface area contributed by atoms with Crippen LogP contribution in [0, 0.1) is 5.92 Å². The summed E-state index contributed by atoms with van der Waals surface area (Å²) in [6, 6.07) is 15.7. The van der Waals surface area contributed by atoms with E-state index in [0.717, 1.165) is 17.7 Å². The molecule has 0 bridgehead atoms. The maximum absolute atomic E-state index is 14.6. The highest BCUT2D eigenvalue weighted by atomic mass is 35.5. The van der Waals surface area contributed by atoms with Gasteiger partial charge in [0.15, 0.2) is 0 Å². The van der Waals surface area contributed by atoms with E-state index in [9.17, 15) is 22.4 Å². The van der Waals surface area contributed by atoms with E-state index in [0.29, 0.717) is 23.6 Å². The number of halogens is 5. The van der Waals surface area contributed by atoms with Crippen molar-refractivity contribution in [3.8, 4) is 5.75 Å². The van der Waals surface area contributed by atoms with E-state index >= 15 is 0 Å². The fourth-order valence-electron chi connectivity index (χ4n) is 4.17. The van der Waals surface area contributed by atoms with Crippen molar-refractivity contribution in [2.24, 2.45) is 5.92 Å². The lowest BCUT2D eigenvalue weighted by atomic mass is 9.79. The summed E-state index contributed by atoms with van der Waals surface area (Å²) in [5.41, 5.74) is -0.986. The lowest BCUT2D eigenvalue weighted by molar-refractivity contribution is -0.461. The van der Waals surface area contributed by atoms with Gasteiger partial charge in [0.25, 0.3) is 0 Å². The number of nitrogens with zero attached hydrogens (tertiary/aromatic N) is 1. The molecular weight excluding hydrogens is 488 g/mol. The molecule has 182 valence electrons. The standard InChI is InChI=1S/C25H19ClF4N2O3/c26-18-9-11-21(31-14-18)23(32-22(33)16-6-7-16,13-15-4-2-1-3-5-15)17-8-10-20-19(12-17)24(27,28)35-25(29,30)34-20/h1-5,8-12,14,16H,6-7,13H2,(H,32,33)/t23-/m0/s1.